The number of rotatable bonds is 7. The molecule has 0 atom stereocenters. The van der Waals surface area contributed by atoms with Gasteiger partial charge in [0, 0.05) is 36.6 Å². The first-order valence-corrected chi connectivity index (χ1v) is 7.41. The Kier molecular flexibility index (Phi) is 4.75. The van der Waals surface area contributed by atoms with Gasteiger partial charge in [0.25, 0.3) is 0 Å². The van der Waals surface area contributed by atoms with E-state index in [1.165, 1.54) is 18.4 Å². The van der Waals surface area contributed by atoms with Crippen LogP contribution in [0.15, 0.2) is 6.20 Å². The largest absolute Gasteiger partial charge is 0.338 e. The van der Waals surface area contributed by atoms with Gasteiger partial charge in [-0.2, -0.15) is 0 Å². The maximum absolute atomic E-state index is 4.70. The Balaban J connectivity index is 2.11. The zero-order chi connectivity index (χ0) is 13.8. The van der Waals surface area contributed by atoms with E-state index in [1.807, 2.05) is 6.20 Å². The second-order valence-corrected chi connectivity index (χ2v) is 5.75. The number of hydrogen-bond donors (Lipinski definition) is 1. The molecule has 0 bridgehead atoms. The summed E-state index contributed by atoms with van der Waals surface area (Å²) in [6.07, 6.45) is 4.70. The van der Waals surface area contributed by atoms with Gasteiger partial charge in [0.05, 0.1) is 0 Å². The SMILES string of the molecule is CCNCc1cnc(N(CC2CC2)C(C)C)nc1C. The lowest BCUT2D eigenvalue weighted by molar-refractivity contribution is 0.623. The van der Waals surface area contributed by atoms with Crippen molar-refractivity contribution in [1.82, 2.24) is 15.3 Å². The lowest BCUT2D eigenvalue weighted by Crippen LogP contribution is -2.34. The highest BCUT2D eigenvalue weighted by Crippen LogP contribution is 2.31. The van der Waals surface area contributed by atoms with Crippen LogP contribution in [0.25, 0.3) is 0 Å². The minimum atomic E-state index is 0.458. The number of aromatic nitrogens is 2. The fraction of sp³-hybridized carbons (Fsp3) is 0.733. The summed E-state index contributed by atoms with van der Waals surface area (Å²) < 4.78 is 0. The van der Waals surface area contributed by atoms with Gasteiger partial charge in [-0.25, -0.2) is 9.97 Å². The summed E-state index contributed by atoms with van der Waals surface area (Å²) in [6.45, 7) is 11.5. The van der Waals surface area contributed by atoms with E-state index < -0.39 is 0 Å². The Morgan fingerprint density at radius 2 is 2.16 bits per heavy atom. The molecule has 1 heterocycles. The van der Waals surface area contributed by atoms with Gasteiger partial charge in [0.2, 0.25) is 5.95 Å². The smallest absolute Gasteiger partial charge is 0.225 e. The van der Waals surface area contributed by atoms with Gasteiger partial charge < -0.3 is 10.2 Å². The predicted molar refractivity (Wildman–Crippen MR) is 79.4 cm³/mol. The summed E-state index contributed by atoms with van der Waals surface area (Å²) in [6, 6.07) is 0.458. The Hall–Kier alpha value is -1.16. The van der Waals surface area contributed by atoms with Crippen LogP contribution in [0, 0.1) is 12.8 Å². The normalized spacial score (nSPS) is 15.0. The Bertz CT molecular complexity index is 413. The van der Waals surface area contributed by atoms with Crippen LogP contribution >= 0.6 is 0 Å². The average Bonchev–Trinajstić information content (AvgIpc) is 3.18. The summed E-state index contributed by atoms with van der Waals surface area (Å²) in [5, 5.41) is 3.33. The fourth-order valence-electron chi connectivity index (χ4n) is 2.15. The van der Waals surface area contributed by atoms with Gasteiger partial charge in [0.1, 0.15) is 0 Å². The van der Waals surface area contributed by atoms with Crippen LogP contribution < -0.4 is 10.2 Å². The van der Waals surface area contributed by atoms with Crippen LogP contribution in [0.5, 0.6) is 0 Å². The molecule has 0 aromatic carbocycles. The van der Waals surface area contributed by atoms with E-state index in [1.54, 1.807) is 0 Å². The van der Waals surface area contributed by atoms with Crippen LogP contribution in [0.1, 0.15) is 44.9 Å². The standard InChI is InChI=1S/C15H26N4/c1-5-16-8-14-9-17-15(18-12(14)4)19(11(2)3)10-13-6-7-13/h9,11,13,16H,5-8,10H2,1-4H3. The fourth-order valence-corrected chi connectivity index (χ4v) is 2.15. The van der Waals surface area contributed by atoms with Crippen LogP contribution in [-0.2, 0) is 6.54 Å². The molecule has 1 aromatic heterocycles. The van der Waals surface area contributed by atoms with Gasteiger partial charge in [-0.3, -0.25) is 0 Å². The van der Waals surface area contributed by atoms with Crippen molar-refractivity contribution in [2.45, 2.75) is 53.1 Å². The molecule has 2 rings (SSSR count). The van der Waals surface area contributed by atoms with E-state index in [-0.39, 0.29) is 0 Å². The summed E-state index contributed by atoms with van der Waals surface area (Å²) >= 11 is 0. The van der Waals surface area contributed by atoms with Crippen molar-refractivity contribution in [2.75, 3.05) is 18.0 Å². The molecule has 1 aromatic rings. The highest BCUT2D eigenvalue weighted by Gasteiger charge is 2.27. The molecule has 1 fully saturated rings. The molecule has 0 saturated heterocycles. The quantitative estimate of drug-likeness (QED) is 0.820. The second-order valence-electron chi connectivity index (χ2n) is 5.75. The monoisotopic (exact) mass is 262 g/mol. The third-order valence-electron chi connectivity index (χ3n) is 3.67. The third-order valence-corrected chi connectivity index (χ3v) is 3.67. The molecule has 0 amide bonds. The first kappa shape index (κ1) is 14.3. The lowest BCUT2D eigenvalue weighted by atomic mass is 10.2. The van der Waals surface area contributed by atoms with E-state index in [4.69, 9.17) is 4.98 Å². The highest BCUT2D eigenvalue weighted by molar-refractivity contribution is 5.34. The van der Waals surface area contributed by atoms with Gasteiger partial charge >= 0.3 is 0 Å². The highest BCUT2D eigenvalue weighted by atomic mass is 15.3. The van der Waals surface area contributed by atoms with E-state index in [0.717, 1.165) is 37.2 Å². The van der Waals surface area contributed by atoms with Crippen molar-refractivity contribution in [2.24, 2.45) is 5.92 Å². The first-order chi connectivity index (χ1) is 9.11. The molecular weight excluding hydrogens is 236 g/mol. The number of aryl methyl sites for hydroxylation is 1. The second kappa shape index (κ2) is 6.33. The molecule has 4 heteroatoms. The van der Waals surface area contributed by atoms with Crippen LogP contribution in [-0.4, -0.2) is 29.1 Å². The molecule has 1 aliphatic carbocycles. The van der Waals surface area contributed by atoms with Crippen LogP contribution in [0.4, 0.5) is 5.95 Å². The molecule has 0 spiro atoms. The van der Waals surface area contributed by atoms with Crippen molar-refractivity contribution < 1.29 is 0 Å². The molecular formula is C15H26N4. The summed E-state index contributed by atoms with van der Waals surface area (Å²) in [4.78, 5) is 11.6. The van der Waals surface area contributed by atoms with Crippen LogP contribution in [0.2, 0.25) is 0 Å². The first-order valence-electron chi connectivity index (χ1n) is 7.41. The van der Waals surface area contributed by atoms with E-state index in [0.29, 0.717) is 6.04 Å². The van der Waals surface area contributed by atoms with E-state index in [2.05, 4.69) is 42.9 Å². The predicted octanol–water partition coefficient (Wildman–Crippen LogP) is 2.52. The number of nitrogens with zero attached hydrogens (tertiary/aromatic N) is 3. The summed E-state index contributed by atoms with van der Waals surface area (Å²) in [5.74, 6) is 1.74. The summed E-state index contributed by atoms with van der Waals surface area (Å²) in [7, 11) is 0. The van der Waals surface area contributed by atoms with Gasteiger partial charge in [-0.15, -0.1) is 0 Å². The number of hydrogen-bond acceptors (Lipinski definition) is 4. The Labute approximate surface area is 116 Å². The maximum atomic E-state index is 4.70. The molecule has 1 saturated carbocycles. The minimum absolute atomic E-state index is 0.458. The van der Waals surface area contributed by atoms with Crippen molar-refractivity contribution >= 4 is 5.95 Å². The molecule has 0 aliphatic heterocycles. The molecule has 106 valence electrons. The minimum Gasteiger partial charge on any atom is -0.338 e. The summed E-state index contributed by atoms with van der Waals surface area (Å²) in [5.41, 5.74) is 2.29. The van der Waals surface area contributed by atoms with Gasteiger partial charge in [-0.1, -0.05) is 6.92 Å². The molecule has 4 nitrogen and oxygen atoms in total. The number of nitrogens with one attached hydrogen (secondary N) is 1. The molecule has 0 unspecified atom stereocenters. The molecule has 19 heavy (non-hydrogen) atoms. The van der Waals surface area contributed by atoms with Gasteiger partial charge in [-0.05, 0) is 46.1 Å². The molecule has 1 aliphatic rings. The third kappa shape index (κ3) is 3.90. The zero-order valence-corrected chi connectivity index (χ0v) is 12.6. The number of anilines is 1. The Morgan fingerprint density at radius 3 is 2.68 bits per heavy atom. The van der Waals surface area contributed by atoms with Crippen molar-refractivity contribution in [1.29, 1.82) is 0 Å². The van der Waals surface area contributed by atoms with Crippen molar-refractivity contribution in [3.8, 4) is 0 Å². The zero-order valence-electron chi connectivity index (χ0n) is 12.6. The molecule has 1 N–H and O–H groups in total. The van der Waals surface area contributed by atoms with Gasteiger partial charge in [0.15, 0.2) is 0 Å². The average molecular weight is 262 g/mol. The molecule has 0 radical (unpaired) electrons. The van der Waals surface area contributed by atoms with Crippen molar-refractivity contribution in [3.63, 3.8) is 0 Å². The van der Waals surface area contributed by atoms with Crippen LogP contribution in [0.3, 0.4) is 0 Å². The van der Waals surface area contributed by atoms with Crippen molar-refractivity contribution in [3.05, 3.63) is 17.5 Å². The Morgan fingerprint density at radius 1 is 1.42 bits per heavy atom. The van der Waals surface area contributed by atoms with E-state index in [9.17, 15) is 0 Å². The van der Waals surface area contributed by atoms with E-state index >= 15 is 0 Å². The lowest BCUT2D eigenvalue weighted by Gasteiger charge is -2.27. The maximum Gasteiger partial charge on any atom is 0.225 e. The topological polar surface area (TPSA) is 41.1 Å².